The summed E-state index contributed by atoms with van der Waals surface area (Å²) >= 11 is 4.31. The standard InChI is InChI=1S/C23H28S2/c1-18-6-10-20(11-7-18)24-23(25-21-12-8-19(2)9-13-21)17-16-22(23)14-4-3-5-15-22/h6-13H,3-5,14-17H2,1-2H3. The first-order valence-electron chi connectivity index (χ1n) is 9.62. The van der Waals surface area contributed by atoms with Crippen molar-refractivity contribution < 1.29 is 0 Å². The van der Waals surface area contributed by atoms with Crippen LogP contribution in [0.25, 0.3) is 0 Å². The number of thioether (sulfide) groups is 2. The lowest BCUT2D eigenvalue weighted by atomic mass is 9.60. The summed E-state index contributed by atoms with van der Waals surface area (Å²) in [6.07, 6.45) is 9.88. The Balaban J connectivity index is 1.65. The zero-order valence-corrected chi connectivity index (χ0v) is 17.0. The summed E-state index contributed by atoms with van der Waals surface area (Å²) in [4.78, 5) is 2.88. The summed E-state index contributed by atoms with van der Waals surface area (Å²) in [6, 6.07) is 18.4. The Bertz CT molecular complexity index is 661. The molecule has 2 fully saturated rings. The van der Waals surface area contributed by atoms with Crippen LogP contribution in [0.5, 0.6) is 0 Å². The maximum absolute atomic E-state index is 2.33. The average molecular weight is 369 g/mol. The molecule has 0 radical (unpaired) electrons. The van der Waals surface area contributed by atoms with Gasteiger partial charge in [0, 0.05) is 9.79 Å². The van der Waals surface area contributed by atoms with Crippen molar-refractivity contribution in [1.29, 1.82) is 0 Å². The highest BCUT2D eigenvalue weighted by Gasteiger charge is 2.59. The highest BCUT2D eigenvalue weighted by atomic mass is 32.2. The van der Waals surface area contributed by atoms with Gasteiger partial charge in [-0.1, -0.05) is 54.7 Å². The van der Waals surface area contributed by atoms with Crippen LogP contribution in [0.15, 0.2) is 58.3 Å². The lowest BCUT2D eigenvalue weighted by Crippen LogP contribution is -2.53. The second-order valence-electron chi connectivity index (χ2n) is 7.92. The van der Waals surface area contributed by atoms with Gasteiger partial charge in [-0.3, -0.25) is 0 Å². The molecule has 0 unspecified atom stereocenters. The van der Waals surface area contributed by atoms with E-state index in [-0.39, 0.29) is 0 Å². The van der Waals surface area contributed by atoms with Gasteiger partial charge in [0.05, 0.1) is 4.08 Å². The number of aryl methyl sites for hydroxylation is 2. The van der Waals surface area contributed by atoms with Gasteiger partial charge in [-0.15, -0.1) is 23.5 Å². The summed E-state index contributed by atoms with van der Waals surface area (Å²) in [5.74, 6) is 0. The number of benzene rings is 2. The van der Waals surface area contributed by atoms with Crippen molar-refractivity contribution in [3.63, 3.8) is 0 Å². The fourth-order valence-corrected chi connectivity index (χ4v) is 7.98. The quantitative estimate of drug-likeness (QED) is 0.509. The van der Waals surface area contributed by atoms with Crippen molar-refractivity contribution in [2.45, 2.75) is 72.7 Å². The van der Waals surface area contributed by atoms with E-state index in [0.717, 1.165) is 0 Å². The van der Waals surface area contributed by atoms with Crippen LogP contribution >= 0.6 is 23.5 Å². The lowest BCUT2D eigenvalue weighted by Gasteiger charge is -2.60. The number of rotatable bonds is 4. The number of hydrogen-bond acceptors (Lipinski definition) is 2. The normalized spacial score (nSPS) is 21.0. The van der Waals surface area contributed by atoms with Crippen LogP contribution in [-0.2, 0) is 0 Å². The third-order valence-corrected chi connectivity index (χ3v) is 9.61. The van der Waals surface area contributed by atoms with E-state index in [1.54, 1.807) is 0 Å². The van der Waals surface area contributed by atoms with Crippen LogP contribution in [-0.4, -0.2) is 4.08 Å². The Hall–Kier alpha value is -0.860. The van der Waals surface area contributed by atoms with Gasteiger partial charge >= 0.3 is 0 Å². The van der Waals surface area contributed by atoms with Gasteiger partial charge in [0.25, 0.3) is 0 Å². The Morgan fingerprint density at radius 1 is 0.600 bits per heavy atom. The molecule has 1 spiro atoms. The first-order chi connectivity index (χ1) is 12.1. The maximum Gasteiger partial charge on any atom is 0.0761 e. The van der Waals surface area contributed by atoms with Crippen molar-refractivity contribution >= 4 is 23.5 Å². The first kappa shape index (κ1) is 17.5. The molecule has 2 heteroatoms. The summed E-state index contributed by atoms with van der Waals surface area (Å²) in [5, 5.41) is 0. The summed E-state index contributed by atoms with van der Waals surface area (Å²) in [6.45, 7) is 4.36. The van der Waals surface area contributed by atoms with E-state index >= 15 is 0 Å². The van der Waals surface area contributed by atoms with E-state index in [0.29, 0.717) is 9.49 Å². The maximum atomic E-state index is 2.33. The van der Waals surface area contributed by atoms with Gasteiger partial charge in [-0.2, -0.15) is 0 Å². The molecule has 132 valence electrons. The van der Waals surface area contributed by atoms with E-state index in [1.165, 1.54) is 65.9 Å². The van der Waals surface area contributed by atoms with Gasteiger partial charge in [-0.25, -0.2) is 0 Å². The van der Waals surface area contributed by atoms with Gasteiger partial charge in [0.15, 0.2) is 0 Å². The minimum atomic E-state index is 0.317. The van der Waals surface area contributed by atoms with Crippen LogP contribution in [0.3, 0.4) is 0 Å². The highest BCUT2D eigenvalue weighted by Crippen LogP contribution is 2.71. The molecule has 2 aliphatic carbocycles. The van der Waals surface area contributed by atoms with Crippen LogP contribution in [0.2, 0.25) is 0 Å². The Labute approximate surface area is 161 Å². The number of hydrogen-bond donors (Lipinski definition) is 0. The monoisotopic (exact) mass is 368 g/mol. The molecule has 0 heterocycles. The highest BCUT2D eigenvalue weighted by molar-refractivity contribution is 8.18. The van der Waals surface area contributed by atoms with E-state index < -0.39 is 0 Å². The van der Waals surface area contributed by atoms with Crippen LogP contribution in [0.1, 0.15) is 56.1 Å². The third-order valence-electron chi connectivity index (χ3n) is 6.16. The zero-order valence-electron chi connectivity index (χ0n) is 15.4. The van der Waals surface area contributed by atoms with Crippen molar-refractivity contribution in [1.82, 2.24) is 0 Å². The fraction of sp³-hybridized carbons (Fsp3) is 0.478. The predicted octanol–water partition coefficient (Wildman–Crippen LogP) is 7.63. The van der Waals surface area contributed by atoms with Crippen molar-refractivity contribution in [3.05, 3.63) is 59.7 Å². The zero-order chi connectivity index (χ0) is 17.3. The minimum Gasteiger partial charge on any atom is -0.107 e. The summed E-state index contributed by atoms with van der Waals surface area (Å²) in [5.41, 5.74) is 3.24. The summed E-state index contributed by atoms with van der Waals surface area (Å²) in [7, 11) is 0. The third kappa shape index (κ3) is 3.40. The first-order valence-corrected chi connectivity index (χ1v) is 11.3. The molecule has 25 heavy (non-hydrogen) atoms. The fourth-order valence-electron chi connectivity index (χ4n) is 4.47. The Kier molecular flexibility index (Phi) is 4.94. The molecule has 2 aromatic rings. The van der Waals surface area contributed by atoms with Crippen LogP contribution < -0.4 is 0 Å². The molecule has 0 aliphatic heterocycles. The van der Waals surface area contributed by atoms with Crippen LogP contribution in [0, 0.1) is 19.3 Å². The van der Waals surface area contributed by atoms with Crippen molar-refractivity contribution in [2.75, 3.05) is 0 Å². The van der Waals surface area contributed by atoms with Gasteiger partial charge in [-0.05, 0) is 69.2 Å². The van der Waals surface area contributed by atoms with Gasteiger partial charge in [0.2, 0.25) is 0 Å². The SMILES string of the molecule is Cc1ccc(SC2(Sc3ccc(C)cc3)CCC23CCCCC3)cc1. The molecule has 2 aliphatic rings. The molecule has 2 aromatic carbocycles. The van der Waals surface area contributed by atoms with E-state index in [2.05, 4.69) is 85.9 Å². The average Bonchev–Trinajstić information content (AvgIpc) is 2.64. The van der Waals surface area contributed by atoms with Crippen molar-refractivity contribution in [3.8, 4) is 0 Å². The van der Waals surface area contributed by atoms with Gasteiger partial charge in [0.1, 0.15) is 0 Å². The topological polar surface area (TPSA) is 0 Å². The summed E-state index contributed by atoms with van der Waals surface area (Å²) < 4.78 is 0.317. The Morgan fingerprint density at radius 2 is 1.08 bits per heavy atom. The lowest BCUT2D eigenvalue weighted by molar-refractivity contribution is 0.0702. The molecule has 2 saturated carbocycles. The second-order valence-corrected chi connectivity index (χ2v) is 10.9. The smallest absolute Gasteiger partial charge is 0.0761 e. The van der Waals surface area contributed by atoms with E-state index in [4.69, 9.17) is 0 Å². The molecular weight excluding hydrogens is 340 g/mol. The van der Waals surface area contributed by atoms with E-state index in [9.17, 15) is 0 Å². The van der Waals surface area contributed by atoms with E-state index in [1.807, 2.05) is 0 Å². The largest absolute Gasteiger partial charge is 0.107 e. The van der Waals surface area contributed by atoms with Gasteiger partial charge < -0.3 is 0 Å². The predicted molar refractivity (Wildman–Crippen MR) is 112 cm³/mol. The molecule has 4 rings (SSSR count). The van der Waals surface area contributed by atoms with Crippen LogP contribution in [0.4, 0.5) is 0 Å². The minimum absolute atomic E-state index is 0.317. The molecule has 0 amide bonds. The molecule has 0 bridgehead atoms. The van der Waals surface area contributed by atoms with Crippen molar-refractivity contribution in [2.24, 2.45) is 5.41 Å². The molecule has 0 N–H and O–H groups in total. The Morgan fingerprint density at radius 3 is 1.48 bits per heavy atom. The molecule has 0 saturated heterocycles. The second kappa shape index (κ2) is 7.04. The molecule has 0 aromatic heterocycles. The molecule has 0 nitrogen and oxygen atoms in total. The molecule has 0 atom stereocenters. The molecular formula is C23H28S2.